The highest BCUT2D eigenvalue weighted by atomic mass is 35.5. The molecular formula is C17H22ClN3O4S. The molecular weight excluding hydrogens is 378 g/mol. The lowest BCUT2D eigenvalue weighted by molar-refractivity contribution is 0.0956. The zero-order valence-corrected chi connectivity index (χ0v) is 16.2. The van der Waals surface area contributed by atoms with Crippen LogP contribution in [0.15, 0.2) is 36.4 Å². The first kappa shape index (κ1) is 21.9. The van der Waals surface area contributed by atoms with Gasteiger partial charge in [0, 0.05) is 36.7 Å². The Kier molecular flexibility index (Phi) is 8.01. The van der Waals surface area contributed by atoms with E-state index in [2.05, 4.69) is 10.3 Å². The van der Waals surface area contributed by atoms with Crippen LogP contribution < -0.4 is 15.8 Å². The lowest BCUT2D eigenvalue weighted by Crippen LogP contribution is -2.28. The van der Waals surface area contributed by atoms with E-state index in [1.54, 1.807) is 30.3 Å². The van der Waals surface area contributed by atoms with Gasteiger partial charge in [0.2, 0.25) is 5.88 Å². The average Bonchev–Trinajstić information content (AvgIpc) is 2.53. The summed E-state index contributed by atoms with van der Waals surface area (Å²) in [6.45, 7) is 2.28. The number of halogens is 1. The van der Waals surface area contributed by atoms with Gasteiger partial charge in [0.05, 0.1) is 5.75 Å². The summed E-state index contributed by atoms with van der Waals surface area (Å²) in [6, 6.07) is 10.2. The first-order valence-electron chi connectivity index (χ1n) is 7.68. The van der Waals surface area contributed by atoms with E-state index in [-0.39, 0.29) is 30.6 Å². The average molecular weight is 400 g/mol. The maximum atomic E-state index is 12.1. The van der Waals surface area contributed by atoms with Crippen LogP contribution in [0.2, 0.25) is 0 Å². The van der Waals surface area contributed by atoms with Gasteiger partial charge in [-0.05, 0) is 36.8 Å². The first-order valence-corrected chi connectivity index (χ1v) is 9.74. The number of nitrogens with two attached hydrogens (primary N) is 1. The van der Waals surface area contributed by atoms with Crippen molar-refractivity contribution in [1.29, 1.82) is 0 Å². The summed E-state index contributed by atoms with van der Waals surface area (Å²) >= 11 is 0. The van der Waals surface area contributed by atoms with Crippen LogP contribution in [-0.4, -0.2) is 37.9 Å². The van der Waals surface area contributed by atoms with Crippen molar-refractivity contribution >= 4 is 28.2 Å². The molecule has 2 aromatic rings. The van der Waals surface area contributed by atoms with Crippen molar-refractivity contribution in [2.45, 2.75) is 13.5 Å². The summed E-state index contributed by atoms with van der Waals surface area (Å²) in [5.41, 5.74) is 7.70. The number of carbonyl (C=O) groups is 1. The molecule has 0 aliphatic carbocycles. The Bertz CT molecular complexity index is 872. The number of benzene rings is 1. The van der Waals surface area contributed by atoms with Crippen molar-refractivity contribution in [3.63, 3.8) is 0 Å². The summed E-state index contributed by atoms with van der Waals surface area (Å²) in [5.74, 6) is 0.380. The number of carbonyl (C=O) groups excluding carboxylic acids is 1. The maximum Gasteiger partial charge on any atom is 0.251 e. The molecule has 0 aliphatic rings. The second-order valence-corrected chi connectivity index (χ2v) is 7.93. The van der Waals surface area contributed by atoms with E-state index in [0.29, 0.717) is 23.7 Å². The molecule has 0 fully saturated rings. The van der Waals surface area contributed by atoms with Crippen LogP contribution in [-0.2, 0) is 16.4 Å². The molecule has 1 aromatic heterocycles. The molecule has 142 valence electrons. The highest BCUT2D eigenvalue weighted by molar-refractivity contribution is 7.90. The van der Waals surface area contributed by atoms with Crippen molar-refractivity contribution in [3.05, 3.63) is 53.2 Å². The minimum atomic E-state index is -3.12. The molecule has 26 heavy (non-hydrogen) atoms. The molecule has 1 heterocycles. The number of amides is 1. The van der Waals surface area contributed by atoms with Crippen molar-refractivity contribution < 1.29 is 17.9 Å². The van der Waals surface area contributed by atoms with Crippen molar-refractivity contribution in [2.24, 2.45) is 5.73 Å². The fraction of sp³-hybridized carbons (Fsp3) is 0.294. The summed E-state index contributed by atoms with van der Waals surface area (Å²) < 4.78 is 27.9. The number of rotatable bonds is 7. The highest BCUT2D eigenvalue weighted by Gasteiger charge is 2.09. The Hall–Kier alpha value is -2.16. The van der Waals surface area contributed by atoms with Gasteiger partial charge in [-0.15, -0.1) is 12.4 Å². The monoisotopic (exact) mass is 399 g/mol. The Morgan fingerprint density at radius 3 is 2.65 bits per heavy atom. The summed E-state index contributed by atoms with van der Waals surface area (Å²) in [5, 5.41) is 2.57. The molecule has 0 spiro atoms. The largest absolute Gasteiger partial charge is 0.439 e. The predicted molar refractivity (Wildman–Crippen MR) is 103 cm³/mol. The normalized spacial score (nSPS) is 10.7. The number of hydrogen-bond acceptors (Lipinski definition) is 6. The van der Waals surface area contributed by atoms with E-state index < -0.39 is 9.84 Å². The quantitative estimate of drug-likeness (QED) is 0.734. The fourth-order valence-electron chi connectivity index (χ4n) is 2.15. The van der Waals surface area contributed by atoms with Crippen LogP contribution in [0.5, 0.6) is 11.6 Å². The van der Waals surface area contributed by atoms with Crippen molar-refractivity contribution in [1.82, 2.24) is 10.3 Å². The van der Waals surface area contributed by atoms with Gasteiger partial charge >= 0.3 is 0 Å². The van der Waals surface area contributed by atoms with E-state index in [1.807, 2.05) is 13.0 Å². The highest BCUT2D eigenvalue weighted by Crippen LogP contribution is 2.22. The SMILES string of the molecule is Cc1cc(CN)cc(Oc2cccc(C(=O)NCCS(C)(=O)=O)c2)n1.Cl. The Labute approximate surface area is 159 Å². The number of pyridine rings is 1. The third-order valence-corrected chi connectivity index (χ3v) is 4.25. The third kappa shape index (κ3) is 6.99. The number of hydrogen-bond donors (Lipinski definition) is 2. The number of nitrogens with zero attached hydrogens (tertiary/aromatic N) is 1. The van der Waals surface area contributed by atoms with E-state index in [4.69, 9.17) is 10.5 Å². The van der Waals surface area contributed by atoms with Crippen molar-refractivity contribution in [2.75, 3.05) is 18.6 Å². The molecule has 0 unspecified atom stereocenters. The predicted octanol–water partition coefficient (Wildman–Crippen LogP) is 1.84. The van der Waals surface area contributed by atoms with Crippen molar-refractivity contribution in [3.8, 4) is 11.6 Å². The summed E-state index contributed by atoms with van der Waals surface area (Å²) in [6.07, 6.45) is 1.12. The molecule has 1 amide bonds. The van der Waals surface area contributed by atoms with Gasteiger partial charge in [-0.1, -0.05) is 6.07 Å². The van der Waals surface area contributed by atoms with Gasteiger partial charge < -0.3 is 15.8 Å². The number of ether oxygens (including phenoxy) is 1. The summed E-state index contributed by atoms with van der Waals surface area (Å²) in [4.78, 5) is 16.4. The van der Waals surface area contributed by atoms with Gasteiger partial charge in [-0.3, -0.25) is 4.79 Å². The molecule has 1 aromatic carbocycles. The van der Waals surface area contributed by atoms with E-state index >= 15 is 0 Å². The van der Waals surface area contributed by atoms with Gasteiger partial charge in [0.15, 0.2) is 0 Å². The fourth-order valence-corrected chi connectivity index (χ4v) is 2.62. The van der Waals surface area contributed by atoms with Gasteiger partial charge in [-0.25, -0.2) is 13.4 Å². The van der Waals surface area contributed by atoms with E-state index in [0.717, 1.165) is 17.5 Å². The topological polar surface area (TPSA) is 111 Å². The molecule has 2 rings (SSSR count). The van der Waals surface area contributed by atoms with Crippen LogP contribution in [0, 0.1) is 6.92 Å². The van der Waals surface area contributed by atoms with Gasteiger partial charge in [-0.2, -0.15) is 0 Å². The Balaban J connectivity index is 0.00000338. The minimum Gasteiger partial charge on any atom is -0.439 e. The molecule has 0 bridgehead atoms. The van der Waals surface area contributed by atoms with Gasteiger partial charge in [0.1, 0.15) is 15.6 Å². The molecule has 9 heteroatoms. The lowest BCUT2D eigenvalue weighted by atomic mass is 10.2. The zero-order chi connectivity index (χ0) is 18.4. The van der Waals surface area contributed by atoms with Gasteiger partial charge in [0.25, 0.3) is 5.91 Å². The zero-order valence-electron chi connectivity index (χ0n) is 14.6. The second kappa shape index (κ2) is 9.51. The maximum absolute atomic E-state index is 12.1. The number of sulfone groups is 1. The van der Waals surface area contributed by atoms with Crippen LogP contribution in [0.3, 0.4) is 0 Å². The van der Waals surface area contributed by atoms with E-state index in [1.165, 1.54) is 0 Å². The number of nitrogens with one attached hydrogen (secondary N) is 1. The standard InChI is InChI=1S/C17H21N3O4S.ClH/c1-12-8-13(11-18)9-16(20-12)24-15-5-3-4-14(10-15)17(21)19-6-7-25(2,22)23;/h3-5,8-10H,6-7,11,18H2,1-2H3,(H,19,21);1H. The van der Waals surface area contributed by atoms with E-state index in [9.17, 15) is 13.2 Å². The first-order chi connectivity index (χ1) is 11.8. The lowest BCUT2D eigenvalue weighted by Gasteiger charge is -2.09. The Morgan fingerprint density at radius 2 is 2.00 bits per heavy atom. The molecule has 0 saturated carbocycles. The third-order valence-electron chi connectivity index (χ3n) is 3.30. The molecule has 0 radical (unpaired) electrons. The second-order valence-electron chi connectivity index (χ2n) is 5.67. The van der Waals surface area contributed by atoms with Crippen LogP contribution in [0.1, 0.15) is 21.6 Å². The number of aromatic nitrogens is 1. The Morgan fingerprint density at radius 1 is 1.27 bits per heavy atom. The molecule has 0 saturated heterocycles. The smallest absolute Gasteiger partial charge is 0.251 e. The molecule has 0 aliphatic heterocycles. The summed E-state index contributed by atoms with van der Waals surface area (Å²) in [7, 11) is -3.12. The van der Waals surface area contributed by atoms with Crippen LogP contribution >= 0.6 is 12.4 Å². The minimum absolute atomic E-state index is 0. The molecule has 3 N–H and O–H groups in total. The molecule has 7 nitrogen and oxygen atoms in total. The number of aryl methyl sites for hydroxylation is 1. The van der Waals surface area contributed by atoms with Crippen LogP contribution in [0.4, 0.5) is 0 Å². The molecule has 0 atom stereocenters. The van der Waals surface area contributed by atoms with Crippen LogP contribution in [0.25, 0.3) is 0 Å².